The summed E-state index contributed by atoms with van der Waals surface area (Å²) < 4.78 is 1.48. The fraction of sp³-hybridized carbons (Fsp3) is 0.0435. The normalized spacial score (nSPS) is 11.0. The van der Waals surface area contributed by atoms with Gasteiger partial charge in [0.05, 0.1) is 33.5 Å². The van der Waals surface area contributed by atoms with Crippen molar-refractivity contribution in [3.05, 3.63) is 105 Å². The van der Waals surface area contributed by atoms with E-state index in [1.807, 2.05) is 18.2 Å². The quantitative estimate of drug-likeness (QED) is 0.148. The van der Waals surface area contributed by atoms with E-state index in [2.05, 4.69) is 15.5 Å². The molecule has 1 N–H and O–H groups in total. The zero-order valence-electron chi connectivity index (χ0n) is 17.1. The average Bonchev–Trinajstić information content (AvgIpc) is 2.83. The first-order chi connectivity index (χ1) is 16.0. The Morgan fingerprint density at radius 3 is 2.64 bits per heavy atom. The Hall–Kier alpha value is -4.31. The van der Waals surface area contributed by atoms with E-state index < -0.39 is 10.8 Å². The van der Waals surface area contributed by atoms with Gasteiger partial charge in [-0.25, -0.2) is 10.4 Å². The van der Waals surface area contributed by atoms with Crippen molar-refractivity contribution in [1.82, 2.24) is 15.0 Å². The fourth-order valence-corrected chi connectivity index (χ4v) is 3.88. The maximum atomic E-state index is 13.1. The number of nitro benzene ring substituents is 1. The molecular formula is C23H17N5O4S. The van der Waals surface area contributed by atoms with Crippen molar-refractivity contribution in [2.75, 3.05) is 5.75 Å². The third-order valence-electron chi connectivity index (χ3n) is 4.58. The highest BCUT2D eigenvalue weighted by atomic mass is 32.2. The molecule has 3 aromatic carbocycles. The minimum atomic E-state index is -0.505. The monoisotopic (exact) mass is 459 g/mol. The summed E-state index contributed by atoms with van der Waals surface area (Å²) in [6.45, 7) is 0. The number of rotatable bonds is 7. The predicted molar refractivity (Wildman–Crippen MR) is 127 cm³/mol. The number of hydrazone groups is 1. The Labute approximate surface area is 191 Å². The first kappa shape index (κ1) is 21.9. The second-order valence-electron chi connectivity index (χ2n) is 6.82. The van der Waals surface area contributed by atoms with Crippen molar-refractivity contribution in [2.24, 2.45) is 5.10 Å². The lowest BCUT2D eigenvalue weighted by atomic mass is 10.2. The van der Waals surface area contributed by atoms with E-state index >= 15 is 0 Å². The minimum absolute atomic E-state index is 0.0378. The zero-order valence-corrected chi connectivity index (χ0v) is 17.9. The number of aromatic nitrogens is 2. The lowest BCUT2D eigenvalue weighted by Crippen LogP contribution is -2.24. The van der Waals surface area contributed by atoms with Crippen LogP contribution in [0.15, 0.2) is 93.9 Å². The third kappa shape index (κ3) is 5.13. The van der Waals surface area contributed by atoms with Gasteiger partial charge >= 0.3 is 0 Å². The van der Waals surface area contributed by atoms with Gasteiger partial charge in [-0.1, -0.05) is 54.2 Å². The summed E-state index contributed by atoms with van der Waals surface area (Å²) in [6.07, 6.45) is 1.32. The number of benzene rings is 3. The summed E-state index contributed by atoms with van der Waals surface area (Å²) in [5, 5.41) is 15.6. The average molecular weight is 459 g/mol. The SMILES string of the molecule is O=C(CSc1nc2ccccc2c(=O)n1-c1ccccc1)N/N=C\c1cccc([N+](=O)[O-])c1. The van der Waals surface area contributed by atoms with E-state index in [9.17, 15) is 19.7 Å². The van der Waals surface area contributed by atoms with Gasteiger partial charge in [-0.3, -0.25) is 24.3 Å². The Morgan fingerprint density at radius 1 is 1.09 bits per heavy atom. The van der Waals surface area contributed by atoms with Crippen molar-refractivity contribution < 1.29 is 9.72 Å². The molecule has 0 unspecified atom stereocenters. The number of non-ortho nitro benzene ring substituents is 1. The molecular weight excluding hydrogens is 442 g/mol. The van der Waals surface area contributed by atoms with Crippen LogP contribution in [0.4, 0.5) is 5.69 Å². The molecule has 0 aliphatic rings. The highest BCUT2D eigenvalue weighted by molar-refractivity contribution is 7.99. The highest BCUT2D eigenvalue weighted by Gasteiger charge is 2.14. The number of carbonyl (C=O) groups is 1. The van der Waals surface area contributed by atoms with E-state index in [0.29, 0.717) is 27.3 Å². The number of hydrogen-bond acceptors (Lipinski definition) is 7. The van der Waals surface area contributed by atoms with Crippen LogP contribution in [-0.4, -0.2) is 32.3 Å². The van der Waals surface area contributed by atoms with Gasteiger partial charge in [0, 0.05) is 17.7 Å². The van der Waals surface area contributed by atoms with Crippen LogP contribution in [0.2, 0.25) is 0 Å². The fourth-order valence-electron chi connectivity index (χ4n) is 3.07. The van der Waals surface area contributed by atoms with Crippen LogP contribution < -0.4 is 11.0 Å². The van der Waals surface area contributed by atoms with Crippen molar-refractivity contribution in [3.8, 4) is 5.69 Å². The van der Waals surface area contributed by atoms with Crippen LogP contribution in [0.1, 0.15) is 5.56 Å². The molecule has 10 heteroatoms. The van der Waals surface area contributed by atoms with Crippen molar-refractivity contribution in [1.29, 1.82) is 0 Å². The molecule has 1 heterocycles. The number of hydrogen-bond donors (Lipinski definition) is 1. The first-order valence-electron chi connectivity index (χ1n) is 9.79. The smallest absolute Gasteiger partial charge is 0.270 e. The lowest BCUT2D eigenvalue weighted by molar-refractivity contribution is -0.384. The van der Waals surface area contributed by atoms with Gasteiger partial charge in [-0.15, -0.1) is 0 Å². The molecule has 4 aromatic rings. The van der Waals surface area contributed by atoms with Crippen LogP contribution >= 0.6 is 11.8 Å². The Balaban J connectivity index is 1.52. The summed E-state index contributed by atoms with van der Waals surface area (Å²) in [5.74, 6) is -0.451. The molecule has 0 bridgehead atoms. The number of thioether (sulfide) groups is 1. The molecule has 164 valence electrons. The largest absolute Gasteiger partial charge is 0.272 e. The van der Waals surface area contributed by atoms with Crippen LogP contribution in [0, 0.1) is 10.1 Å². The molecule has 0 aliphatic heterocycles. The molecule has 0 saturated heterocycles. The number of nitrogens with one attached hydrogen (secondary N) is 1. The van der Waals surface area contributed by atoms with Crippen LogP contribution in [0.25, 0.3) is 16.6 Å². The maximum Gasteiger partial charge on any atom is 0.270 e. The Bertz CT molecular complexity index is 1420. The third-order valence-corrected chi connectivity index (χ3v) is 5.51. The summed E-state index contributed by atoms with van der Waals surface area (Å²) >= 11 is 1.11. The number of carbonyl (C=O) groups excluding carboxylic acids is 1. The molecule has 0 atom stereocenters. The van der Waals surface area contributed by atoms with E-state index in [-0.39, 0.29) is 17.0 Å². The van der Waals surface area contributed by atoms with Crippen molar-refractivity contribution in [2.45, 2.75) is 5.16 Å². The molecule has 4 rings (SSSR count). The number of para-hydroxylation sites is 2. The van der Waals surface area contributed by atoms with Gasteiger partial charge in [-0.05, 0) is 24.3 Å². The van der Waals surface area contributed by atoms with E-state index in [1.165, 1.54) is 29.0 Å². The van der Waals surface area contributed by atoms with Crippen molar-refractivity contribution in [3.63, 3.8) is 0 Å². The molecule has 1 amide bonds. The topological polar surface area (TPSA) is 119 Å². The van der Waals surface area contributed by atoms with Gasteiger partial charge < -0.3 is 0 Å². The number of nitro groups is 1. The summed E-state index contributed by atoms with van der Waals surface area (Å²) in [7, 11) is 0. The predicted octanol–water partition coefficient (Wildman–Crippen LogP) is 3.54. The molecule has 0 radical (unpaired) electrons. The summed E-state index contributed by atoms with van der Waals surface area (Å²) in [5.41, 5.74) is 3.76. The first-order valence-corrected chi connectivity index (χ1v) is 10.8. The maximum absolute atomic E-state index is 13.1. The number of fused-ring (bicyclic) bond motifs is 1. The van der Waals surface area contributed by atoms with Crippen molar-refractivity contribution >= 4 is 40.5 Å². The highest BCUT2D eigenvalue weighted by Crippen LogP contribution is 2.21. The zero-order chi connectivity index (χ0) is 23.2. The Morgan fingerprint density at radius 2 is 1.85 bits per heavy atom. The standard InChI is InChI=1S/C23H17N5O4S/c29-21(26-24-14-16-7-6-10-18(13-16)28(31)32)15-33-23-25-20-12-5-4-11-19(20)22(30)27(23)17-8-2-1-3-9-17/h1-14H,15H2,(H,26,29)/b24-14-. The van der Waals surface area contributed by atoms with Gasteiger partial charge in [0.2, 0.25) is 0 Å². The van der Waals surface area contributed by atoms with Gasteiger partial charge in [0.1, 0.15) is 0 Å². The van der Waals surface area contributed by atoms with E-state index in [1.54, 1.807) is 42.5 Å². The number of nitrogens with zero attached hydrogens (tertiary/aromatic N) is 4. The summed E-state index contributed by atoms with van der Waals surface area (Å²) in [4.78, 5) is 40.4. The van der Waals surface area contributed by atoms with E-state index in [0.717, 1.165) is 11.8 Å². The van der Waals surface area contributed by atoms with Crippen LogP contribution in [0.3, 0.4) is 0 Å². The van der Waals surface area contributed by atoms with Gasteiger partial charge in [0.15, 0.2) is 5.16 Å². The molecule has 0 aliphatic carbocycles. The molecule has 1 aromatic heterocycles. The minimum Gasteiger partial charge on any atom is -0.272 e. The summed E-state index contributed by atoms with van der Waals surface area (Å²) in [6, 6.07) is 22.0. The van der Waals surface area contributed by atoms with Crippen LogP contribution in [0.5, 0.6) is 0 Å². The molecule has 33 heavy (non-hydrogen) atoms. The van der Waals surface area contributed by atoms with Crippen LogP contribution in [-0.2, 0) is 4.79 Å². The lowest BCUT2D eigenvalue weighted by Gasteiger charge is -2.12. The van der Waals surface area contributed by atoms with E-state index in [4.69, 9.17) is 0 Å². The Kier molecular flexibility index (Phi) is 6.56. The second kappa shape index (κ2) is 9.88. The van der Waals surface area contributed by atoms with Gasteiger partial charge in [0.25, 0.3) is 17.2 Å². The second-order valence-corrected chi connectivity index (χ2v) is 7.76. The molecule has 0 spiro atoms. The molecule has 0 fully saturated rings. The number of amides is 1. The van der Waals surface area contributed by atoms with Gasteiger partial charge in [-0.2, -0.15) is 5.10 Å². The molecule has 9 nitrogen and oxygen atoms in total. The molecule has 0 saturated carbocycles.